The van der Waals surface area contributed by atoms with Crippen LogP contribution in [0.1, 0.15) is 84.0 Å². The highest BCUT2D eigenvalue weighted by Crippen LogP contribution is 2.12. The Morgan fingerprint density at radius 1 is 0.773 bits per heavy atom. The van der Waals surface area contributed by atoms with Crippen molar-refractivity contribution in [3.8, 4) is 0 Å². The van der Waals surface area contributed by atoms with Gasteiger partial charge in [0.15, 0.2) is 0 Å². The van der Waals surface area contributed by atoms with Gasteiger partial charge < -0.3 is 9.22 Å². The standard InChI is InChI=1S/C19H40NO2/c1-5-6-7-8-9-10-11-12-13-14-17-20(2,3)18-15-16-19(21)22-4/h5-18H2,1-4H3/q+1. The molecule has 0 unspecified atom stereocenters. The Labute approximate surface area is 139 Å². The zero-order valence-corrected chi connectivity index (χ0v) is 15.7. The molecule has 0 saturated carbocycles. The van der Waals surface area contributed by atoms with Crippen LogP contribution >= 0.6 is 0 Å². The van der Waals surface area contributed by atoms with E-state index < -0.39 is 0 Å². The third-order valence-electron chi connectivity index (χ3n) is 4.49. The minimum atomic E-state index is -0.0843. The number of carbonyl (C=O) groups excluding carboxylic acids is 1. The second-order valence-corrected chi connectivity index (χ2v) is 7.24. The van der Waals surface area contributed by atoms with Crippen LogP contribution in [0.5, 0.6) is 0 Å². The summed E-state index contributed by atoms with van der Waals surface area (Å²) in [5, 5.41) is 0. The fourth-order valence-corrected chi connectivity index (χ4v) is 2.89. The van der Waals surface area contributed by atoms with E-state index in [0.29, 0.717) is 6.42 Å². The van der Waals surface area contributed by atoms with E-state index in [1.165, 1.54) is 77.9 Å². The molecule has 0 aromatic heterocycles. The van der Waals surface area contributed by atoms with Crippen molar-refractivity contribution in [2.75, 3.05) is 34.3 Å². The molecule has 0 aliphatic carbocycles. The highest BCUT2D eigenvalue weighted by atomic mass is 16.5. The Morgan fingerprint density at radius 3 is 1.73 bits per heavy atom. The van der Waals surface area contributed by atoms with Gasteiger partial charge in [-0.25, -0.2) is 0 Å². The molecular formula is C19H40NO2+. The highest BCUT2D eigenvalue weighted by molar-refractivity contribution is 5.68. The molecule has 0 atom stereocenters. The number of methoxy groups -OCH3 is 1. The van der Waals surface area contributed by atoms with Crippen molar-refractivity contribution in [2.45, 2.75) is 84.0 Å². The van der Waals surface area contributed by atoms with Crippen LogP contribution in [0.2, 0.25) is 0 Å². The molecule has 0 bridgehead atoms. The predicted molar refractivity (Wildman–Crippen MR) is 94.9 cm³/mol. The number of ether oxygens (including phenoxy) is 1. The normalized spacial score (nSPS) is 11.6. The van der Waals surface area contributed by atoms with Gasteiger partial charge in [-0.05, 0) is 12.8 Å². The first-order chi connectivity index (χ1) is 10.5. The molecular weight excluding hydrogens is 274 g/mol. The number of unbranched alkanes of at least 4 members (excludes halogenated alkanes) is 9. The van der Waals surface area contributed by atoms with E-state index in [0.717, 1.165) is 17.4 Å². The van der Waals surface area contributed by atoms with Crippen LogP contribution in [0, 0.1) is 0 Å². The van der Waals surface area contributed by atoms with Crippen molar-refractivity contribution in [2.24, 2.45) is 0 Å². The minimum Gasteiger partial charge on any atom is -0.469 e. The molecule has 0 aromatic carbocycles. The molecule has 0 saturated heterocycles. The van der Waals surface area contributed by atoms with E-state index >= 15 is 0 Å². The maximum atomic E-state index is 11.1. The van der Waals surface area contributed by atoms with Crippen LogP contribution in [-0.2, 0) is 9.53 Å². The van der Waals surface area contributed by atoms with Crippen molar-refractivity contribution in [3.63, 3.8) is 0 Å². The monoisotopic (exact) mass is 314 g/mol. The molecule has 3 heteroatoms. The summed E-state index contributed by atoms with van der Waals surface area (Å²) in [7, 11) is 6.00. The third kappa shape index (κ3) is 14.4. The number of carbonyl (C=O) groups is 1. The fourth-order valence-electron chi connectivity index (χ4n) is 2.89. The molecule has 0 radical (unpaired) electrons. The van der Waals surface area contributed by atoms with Crippen molar-refractivity contribution in [1.82, 2.24) is 0 Å². The van der Waals surface area contributed by atoms with Crippen LogP contribution in [0.3, 0.4) is 0 Å². The molecule has 0 amide bonds. The first kappa shape index (κ1) is 21.4. The fraction of sp³-hybridized carbons (Fsp3) is 0.947. The molecule has 0 aliphatic heterocycles. The van der Waals surface area contributed by atoms with Gasteiger partial charge in [-0.3, -0.25) is 4.79 Å². The second kappa shape index (κ2) is 14.0. The molecule has 3 nitrogen and oxygen atoms in total. The highest BCUT2D eigenvalue weighted by Gasteiger charge is 2.14. The zero-order chi connectivity index (χ0) is 16.7. The molecule has 0 aliphatic rings. The topological polar surface area (TPSA) is 26.3 Å². The number of hydrogen-bond acceptors (Lipinski definition) is 2. The van der Waals surface area contributed by atoms with Gasteiger partial charge in [0.25, 0.3) is 0 Å². The lowest BCUT2D eigenvalue weighted by molar-refractivity contribution is -0.890. The summed E-state index contributed by atoms with van der Waals surface area (Å²) in [6.45, 7) is 4.56. The van der Waals surface area contributed by atoms with E-state index in [1.807, 2.05) is 0 Å². The van der Waals surface area contributed by atoms with Gasteiger partial charge in [0.2, 0.25) is 0 Å². The Bertz CT molecular complexity index is 264. The Kier molecular flexibility index (Phi) is 13.7. The summed E-state index contributed by atoms with van der Waals surface area (Å²) >= 11 is 0. The summed E-state index contributed by atoms with van der Waals surface area (Å²) in [5.41, 5.74) is 0. The number of nitrogens with zero attached hydrogens (tertiary/aromatic N) is 1. The Balaban J connectivity index is 3.39. The van der Waals surface area contributed by atoms with E-state index in [1.54, 1.807) is 0 Å². The summed E-state index contributed by atoms with van der Waals surface area (Å²) in [6, 6.07) is 0. The average molecular weight is 315 g/mol. The van der Waals surface area contributed by atoms with E-state index in [9.17, 15) is 4.79 Å². The number of esters is 1. The summed E-state index contributed by atoms with van der Waals surface area (Å²) in [5.74, 6) is -0.0843. The Hall–Kier alpha value is -0.570. The molecule has 22 heavy (non-hydrogen) atoms. The van der Waals surface area contributed by atoms with Gasteiger partial charge >= 0.3 is 5.97 Å². The number of rotatable bonds is 15. The van der Waals surface area contributed by atoms with Crippen molar-refractivity contribution >= 4 is 5.97 Å². The van der Waals surface area contributed by atoms with Crippen molar-refractivity contribution in [1.29, 1.82) is 0 Å². The Morgan fingerprint density at radius 2 is 1.23 bits per heavy atom. The maximum absolute atomic E-state index is 11.1. The SMILES string of the molecule is CCCCCCCCCCCC[N+](C)(C)CCCC(=O)OC. The molecule has 0 N–H and O–H groups in total. The van der Waals surface area contributed by atoms with E-state index in [-0.39, 0.29) is 5.97 Å². The van der Waals surface area contributed by atoms with E-state index in [4.69, 9.17) is 0 Å². The lowest BCUT2D eigenvalue weighted by atomic mass is 10.1. The molecule has 0 aromatic rings. The zero-order valence-electron chi connectivity index (χ0n) is 15.7. The van der Waals surface area contributed by atoms with Gasteiger partial charge in [0.1, 0.15) is 0 Å². The minimum absolute atomic E-state index is 0.0843. The third-order valence-corrected chi connectivity index (χ3v) is 4.49. The van der Waals surface area contributed by atoms with Crippen molar-refractivity contribution < 1.29 is 14.0 Å². The average Bonchev–Trinajstić information content (AvgIpc) is 2.48. The first-order valence-electron chi connectivity index (χ1n) is 9.40. The quantitative estimate of drug-likeness (QED) is 0.243. The number of quaternary nitrogens is 1. The smallest absolute Gasteiger partial charge is 0.305 e. The van der Waals surface area contributed by atoms with Gasteiger partial charge in [-0.2, -0.15) is 0 Å². The molecule has 0 spiro atoms. The van der Waals surface area contributed by atoms with E-state index in [2.05, 4.69) is 25.8 Å². The lowest BCUT2D eigenvalue weighted by Crippen LogP contribution is -2.41. The summed E-state index contributed by atoms with van der Waals surface area (Å²) in [4.78, 5) is 11.1. The van der Waals surface area contributed by atoms with Gasteiger partial charge in [0.05, 0.1) is 40.7 Å². The van der Waals surface area contributed by atoms with Crippen LogP contribution in [0.25, 0.3) is 0 Å². The summed E-state index contributed by atoms with van der Waals surface area (Å²) in [6.07, 6.45) is 15.4. The van der Waals surface area contributed by atoms with Crippen LogP contribution in [0.4, 0.5) is 0 Å². The first-order valence-corrected chi connectivity index (χ1v) is 9.40. The maximum Gasteiger partial charge on any atom is 0.305 e. The largest absolute Gasteiger partial charge is 0.469 e. The molecule has 0 rings (SSSR count). The van der Waals surface area contributed by atoms with Gasteiger partial charge in [-0.1, -0.05) is 58.3 Å². The van der Waals surface area contributed by atoms with Gasteiger partial charge in [-0.15, -0.1) is 0 Å². The van der Waals surface area contributed by atoms with Crippen LogP contribution in [0.15, 0.2) is 0 Å². The van der Waals surface area contributed by atoms with Gasteiger partial charge in [0, 0.05) is 6.42 Å². The van der Waals surface area contributed by atoms with Crippen molar-refractivity contribution in [3.05, 3.63) is 0 Å². The molecule has 0 fully saturated rings. The molecule has 132 valence electrons. The number of hydrogen-bond donors (Lipinski definition) is 0. The predicted octanol–water partition coefficient (Wildman–Crippen LogP) is 4.94. The van der Waals surface area contributed by atoms with Crippen LogP contribution in [-0.4, -0.2) is 44.7 Å². The molecule has 0 heterocycles. The summed E-state index contributed by atoms with van der Waals surface area (Å²) < 4.78 is 5.71. The van der Waals surface area contributed by atoms with Crippen LogP contribution < -0.4 is 0 Å². The second-order valence-electron chi connectivity index (χ2n) is 7.24. The lowest BCUT2D eigenvalue weighted by Gasteiger charge is -2.29.